The summed E-state index contributed by atoms with van der Waals surface area (Å²) in [6.45, 7) is 0. The lowest BCUT2D eigenvalue weighted by atomic mass is 10.3. The number of rotatable bonds is 0. The number of hydrogen-bond acceptors (Lipinski definition) is 2. The van der Waals surface area contributed by atoms with E-state index in [-0.39, 0.29) is 0 Å². The van der Waals surface area contributed by atoms with Crippen LogP contribution in [0.5, 0.6) is 0 Å². The summed E-state index contributed by atoms with van der Waals surface area (Å²) in [4.78, 5) is -3.96. The Kier molecular flexibility index (Phi) is 1.61. The highest BCUT2D eigenvalue weighted by Crippen LogP contribution is 2.65. The standard InChI is InChI=1S/C3F6OS/c4-2(5,6)1(10-11-1)3(7,8)9. The normalized spacial score (nSPS) is 23.5. The summed E-state index contributed by atoms with van der Waals surface area (Å²) < 4.78 is 72.4. The summed E-state index contributed by atoms with van der Waals surface area (Å²) in [6, 6.07) is 0. The Morgan fingerprint density at radius 1 is 0.909 bits per heavy atom. The minimum Gasteiger partial charge on any atom is -0.274 e. The maximum Gasteiger partial charge on any atom is 0.439 e. The first kappa shape index (κ1) is 8.98. The van der Waals surface area contributed by atoms with Gasteiger partial charge in [0.25, 0.3) is 0 Å². The molecule has 1 aliphatic rings. The van der Waals surface area contributed by atoms with E-state index in [9.17, 15) is 26.3 Å². The molecule has 0 aliphatic carbocycles. The summed E-state index contributed by atoms with van der Waals surface area (Å²) in [6.07, 6.45) is -10.8. The van der Waals surface area contributed by atoms with Crippen molar-refractivity contribution in [2.75, 3.05) is 0 Å². The van der Waals surface area contributed by atoms with E-state index in [1.165, 1.54) is 0 Å². The van der Waals surface area contributed by atoms with Crippen molar-refractivity contribution in [1.82, 2.24) is 0 Å². The third-order valence-corrected chi connectivity index (χ3v) is 1.96. The molecule has 1 fully saturated rings. The average Bonchev–Trinajstić information content (AvgIpc) is 2.31. The van der Waals surface area contributed by atoms with Crippen molar-refractivity contribution in [1.29, 1.82) is 0 Å². The van der Waals surface area contributed by atoms with Crippen LogP contribution in [0, 0.1) is 0 Å². The summed E-state index contributed by atoms with van der Waals surface area (Å²) in [5, 5.41) is 0. The zero-order valence-corrected chi connectivity index (χ0v) is 5.40. The van der Waals surface area contributed by atoms with Gasteiger partial charge in [0.2, 0.25) is 0 Å². The summed E-state index contributed by atoms with van der Waals surface area (Å²) in [5.74, 6) is 0. The maximum absolute atomic E-state index is 11.5. The average molecular weight is 198 g/mol. The fourth-order valence-electron chi connectivity index (χ4n) is 0.391. The Balaban J connectivity index is 2.85. The van der Waals surface area contributed by atoms with Gasteiger partial charge in [-0.3, -0.25) is 4.18 Å². The SMILES string of the molecule is FC(F)(F)C1(C(F)(F)F)OS1. The third-order valence-electron chi connectivity index (χ3n) is 0.996. The second-order valence-corrected chi connectivity index (χ2v) is 2.69. The van der Waals surface area contributed by atoms with Crippen LogP contribution in [0.15, 0.2) is 0 Å². The van der Waals surface area contributed by atoms with Gasteiger partial charge in [0.1, 0.15) is 0 Å². The van der Waals surface area contributed by atoms with Crippen LogP contribution in [0.25, 0.3) is 0 Å². The molecule has 0 spiro atoms. The van der Waals surface area contributed by atoms with Crippen molar-refractivity contribution in [2.24, 2.45) is 0 Å². The zero-order chi connectivity index (χ0) is 8.91. The van der Waals surface area contributed by atoms with Gasteiger partial charge in [0.05, 0.1) is 12.0 Å². The predicted octanol–water partition coefficient (Wildman–Crippen LogP) is 2.49. The molecule has 11 heavy (non-hydrogen) atoms. The fourth-order valence-corrected chi connectivity index (χ4v) is 0.853. The first-order valence-electron chi connectivity index (χ1n) is 2.21. The largest absolute Gasteiger partial charge is 0.439 e. The molecule has 8 heteroatoms. The summed E-state index contributed by atoms with van der Waals surface area (Å²) >= 11 is -0.620. The van der Waals surface area contributed by atoms with Crippen LogP contribution >= 0.6 is 12.0 Å². The van der Waals surface area contributed by atoms with Crippen LogP contribution in [0.3, 0.4) is 0 Å². The molecule has 0 saturated carbocycles. The van der Waals surface area contributed by atoms with Crippen LogP contribution in [0.1, 0.15) is 0 Å². The molecule has 0 amide bonds. The number of alkyl halides is 6. The Hall–Kier alpha value is -0.110. The highest BCUT2D eigenvalue weighted by Gasteiger charge is 2.83. The first-order chi connectivity index (χ1) is 4.71. The van der Waals surface area contributed by atoms with E-state index in [0.29, 0.717) is 0 Å². The molecule has 0 aromatic rings. The molecule has 0 atom stereocenters. The Morgan fingerprint density at radius 2 is 1.18 bits per heavy atom. The molecular formula is C3F6OS. The molecule has 0 radical (unpaired) electrons. The Morgan fingerprint density at radius 3 is 1.18 bits per heavy atom. The molecule has 66 valence electrons. The van der Waals surface area contributed by atoms with E-state index >= 15 is 0 Å². The molecular weight excluding hydrogens is 198 g/mol. The second-order valence-electron chi connectivity index (χ2n) is 1.78. The Bertz CT molecular complexity index is 150. The second kappa shape index (κ2) is 1.98. The summed E-state index contributed by atoms with van der Waals surface area (Å²) in [5.41, 5.74) is 0. The molecule has 0 unspecified atom stereocenters. The van der Waals surface area contributed by atoms with Gasteiger partial charge in [0, 0.05) is 0 Å². The molecule has 1 rings (SSSR count). The van der Waals surface area contributed by atoms with Crippen LogP contribution in [-0.4, -0.2) is 17.3 Å². The van der Waals surface area contributed by atoms with E-state index in [1.54, 1.807) is 0 Å². The lowest BCUT2D eigenvalue weighted by molar-refractivity contribution is -0.288. The molecule has 1 aliphatic heterocycles. The topological polar surface area (TPSA) is 12.5 Å². The van der Waals surface area contributed by atoms with Crippen LogP contribution in [0.2, 0.25) is 0 Å². The lowest BCUT2D eigenvalue weighted by Crippen LogP contribution is -2.44. The van der Waals surface area contributed by atoms with Crippen LogP contribution in [0.4, 0.5) is 26.3 Å². The van der Waals surface area contributed by atoms with E-state index in [4.69, 9.17) is 0 Å². The molecule has 0 aromatic heterocycles. The molecule has 0 aromatic carbocycles. The third kappa shape index (κ3) is 1.18. The van der Waals surface area contributed by atoms with Gasteiger partial charge in [-0.15, -0.1) is 0 Å². The van der Waals surface area contributed by atoms with E-state index in [0.717, 1.165) is 0 Å². The molecule has 1 nitrogen and oxygen atoms in total. The maximum atomic E-state index is 11.5. The zero-order valence-electron chi connectivity index (χ0n) is 4.58. The number of halogens is 6. The summed E-state index contributed by atoms with van der Waals surface area (Å²) in [7, 11) is 0. The van der Waals surface area contributed by atoms with E-state index in [2.05, 4.69) is 4.18 Å². The van der Waals surface area contributed by atoms with Gasteiger partial charge in [-0.25, -0.2) is 0 Å². The van der Waals surface area contributed by atoms with Gasteiger partial charge in [0.15, 0.2) is 0 Å². The molecule has 1 saturated heterocycles. The monoisotopic (exact) mass is 198 g/mol. The van der Waals surface area contributed by atoms with Gasteiger partial charge in [-0.2, -0.15) is 26.3 Å². The minimum absolute atomic E-state index is 0.620. The van der Waals surface area contributed by atoms with Crippen LogP contribution < -0.4 is 0 Å². The van der Waals surface area contributed by atoms with E-state index in [1.807, 2.05) is 0 Å². The predicted molar refractivity (Wildman–Crippen MR) is 23.5 cm³/mol. The minimum atomic E-state index is -5.39. The highest BCUT2D eigenvalue weighted by atomic mass is 32.2. The van der Waals surface area contributed by atoms with Crippen molar-refractivity contribution in [3.8, 4) is 0 Å². The van der Waals surface area contributed by atoms with E-state index < -0.39 is 29.3 Å². The van der Waals surface area contributed by atoms with Gasteiger partial charge >= 0.3 is 17.3 Å². The highest BCUT2D eigenvalue weighted by molar-refractivity contribution is 8.01. The van der Waals surface area contributed by atoms with Gasteiger partial charge in [-0.1, -0.05) is 0 Å². The van der Waals surface area contributed by atoms with Crippen molar-refractivity contribution in [3.05, 3.63) is 0 Å². The molecule has 0 N–H and O–H groups in total. The van der Waals surface area contributed by atoms with Crippen LogP contribution in [-0.2, 0) is 4.18 Å². The van der Waals surface area contributed by atoms with Gasteiger partial charge in [-0.05, 0) is 0 Å². The quantitative estimate of drug-likeness (QED) is 0.337. The molecule has 0 bridgehead atoms. The van der Waals surface area contributed by atoms with Crippen molar-refractivity contribution >= 4 is 12.0 Å². The first-order valence-corrected chi connectivity index (χ1v) is 2.95. The molecule has 1 heterocycles. The van der Waals surface area contributed by atoms with Crippen molar-refractivity contribution in [3.63, 3.8) is 0 Å². The van der Waals surface area contributed by atoms with Gasteiger partial charge < -0.3 is 0 Å². The van der Waals surface area contributed by atoms with Crippen molar-refractivity contribution in [2.45, 2.75) is 17.3 Å². The van der Waals surface area contributed by atoms with Crippen molar-refractivity contribution < 1.29 is 30.5 Å². The Labute approximate surface area is 60.9 Å². The lowest BCUT2D eigenvalue weighted by Gasteiger charge is -2.15. The smallest absolute Gasteiger partial charge is 0.274 e. The fraction of sp³-hybridized carbons (Fsp3) is 1.00. The number of hydrogen-bond donors (Lipinski definition) is 0.